The number of carboxylic acid groups (broad SMARTS) is 1. The molecule has 1 aromatic carbocycles. The fourth-order valence-corrected chi connectivity index (χ4v) is 5.68. The monoisotopic (exact) mass is 366 g/mol. The Morgan fingerprint density at radius 1 is 1.08 bits per heavy atom. The fourth-order valence-electron chi connectivity index (χ4n) is 3.20. The third kappa shape index (κ3) is 5.26. The molecule has 0 aliphatic carbocycles. The van der Waals surface area contributed by atoms with Crippen LogP contribution < -0.4 is 0 Å². The van der Waals surface area contributed by atoms with Crippen LogP contribution in [0.3, 0.4) is 0 Å². The quantitative estimate of drug-likeness (QED) is 0.775. The van der Waals surface area contributed by atoms with Crippen LogP contribution in [0.25, 0.3) is 0 Å². The Morgan fingerprint density at radius 3 is 2.24 bits per heavy atom. The minimum Gasteiger partial charge on any atom is -0.465 e. The second-order valence-corrected chi connectivity index (χ2v) is 9.10. The molecule has 138 valence electrons. The maximum absolute atomic E-state index is 11.5. The van der Waals surface area contributed by atoms with Gasteiger partial charge in [-0.1, -0.05) is 30.3 Å². The van der Waals surface area contributed by atoms with Crippen LogP contribution >= 0.6 is 0 Å². The molecule has 4 rings (SSSR count). The average Bonchev–Trinajstić information content (AvgIpc) is 2.55. The molecule has 0 aromatic heterocycles. The van der Waals surface area contributed by atoms with Crippen molar-refractivity contribution in [1.82, 2.24) is 9.80 Å². The van der Waals surface area contributed by atoms with Crippen LogP contribution in [0.5, 0.6) is 0 Å². The van der Waals surface area contributed by atoms with Crippen LogP contribution in [0, 0.1) is 0 Å². The first-order valence-corrected chi connectivity index (χ1v) is 10.8. The van der Waals surface area contributed by atoms with Crippen LogP contribution in [-0.2, 0) is 19.8 Å². The highest BCUT2D eigenvalue weighted by Crippen LogP contribution is 2.22. The molecule has 3 aliphatic rings. The molecule has 3 fully saturated rings. The highest BCUT2D eigenvalue weighted by atomic mass is 28.4. The number of hydrogen-bond donors (Lipinski definition) is 1. The van der Waals surface area contributed by atoms with E-state index in [1.54, 1.807) is 0 Å². The highest BCUT2D eigenvalue weighted by molar-refractivity contribution is 6.60. The summed E-state index contributed by atoms with van der Waals surface area (Å²) in [7, 11) is -2.67. The molecule has 0 spiro atoms. The van der Waals surface area contributed by atoms with E-state index >= 15 is 0 Å². The molecule has 2 bridgehead atoms. The zero-order valence-electron chi connectivity index (χ0n) is 14.4. The minimum absolute atomic E-state index is 0.391. The smallest absolute Gasteiger partial charge is 0.465 e. The molecule has 3 aliphatic heterocycles. The lowest BCUT2D eigenvalue weighted by Crippen LogP contribution is -2.55. The predicted octanol–water partition coefficient (Wildman–Crippen LogP) is 1.87. The maximum atomic E-state index is 11.5. The van der Waals surface area contributed by atoms with Gasteiger partial charge in [0.25, 0.3) is 0 Å². The van der Waals surface area contributed by atoms with E-state index in [1.165, 1.54) is 4.90 Å². The average molecular weight is 366 g/mol. The molecule has 0 unspecified atom stereocenters. The summed E-state index contributed by atoms with van der Waals surface area (Å²) < 4.78 is 18.0. The molecule has 25 heavy (non-hydrogen) atoms. The van der Waals surface area contributed by atoms with Crippen molar-refractivity contribution in [3.05, 3.63) is 35.9 Å². The number of amides is 1. The third-order valence-electron chi connectivity index (χ3n) is 4.59. The Balaban J connectivity index is 1.54. The number of nitrogens with zero attached hydrogens (tertiary/aromatic N) is 2. The van der Waals surface area contributed by atoms with Gasteiger partial charge in [0, 0.05) is 38.8 Å². The van der Waals surface area contributed by atoms with Gasteiger partial charge in [0.1, 0.15) is 0 Å². The molecule has 0 saturated carbocycles. The predicted molar refractivity (Wildman–Crippen MR) is 94.4 cm³/mol. The molecule has 3 saturated heterocycles. The van der Waals surface area contributed by atoms with Crippen molar-refractivity contribution in [2.24, 2.45) is 0 Å². The van der Waals surface area contributed by atoms with Crippen LogP contribution in [-0.4, -0.2) is 75.8 Å². The molecule has 1 N–H and O–H groups in total. The van der Waals surface area contributed by atoms with Crippen LogP contribution in [0.4, 0.5) is 4.79 Å². The summed E-state index contributed by atoms with van der Waals surface area (Å²) in [5.41, 5.74) is 0.987. The third-order valence-corrected chi connectivity index (χ3v) is 7.48. The summed E-state index contributed by atoms with van der Waals surface area (Å²) in [4.78, 5) is 15.3. The number of fused-ring (bicyclic) bond motifs is 6. The number of benzene rings is 1. The fraction of sp³-hybridized carbons (Fsp3) is 0.588. The van der Waals surface area contributed by atoms with Crippen molar-refractivity contribution < 1.29 is 23.2 Å². The Kier molecular flexibility index (Phi) is 6.43. The van der Waals surface area contributed by atoms with Crippen molar-refractivity contribution in [2.45, 2.75) is 19.0 Å². The van der Waals surface area contributed by atoms with Crippen molar-refractivity contribution in [2.75, 3.05) is 46.0 Å². The minimum atomic E-state index is -2.67. The zero-order chi connectivity index (χ0) is 17.5. The van der Waals surface area contributed by atoms with Crippen molar-refractivity contribution in [3.8, 4) is 0 Å². The molecule has 1 amide bonds. The summed E-state index contributed by atoms with van der Waals surface area (Å²) in [5.74, 6) is 0. The highest BCUT2D eigenvalue weighted by Gasteiger charge is 2.43. The van der Waals surface area contributed by atoms with E-state index in [-0.39, 0.29) is 0 Å². The lowest BCUT2D eigenvalue weighted by molar-refractivity contribution is -0.00886. The Morgan fingerprint density at radius 2 is 1.68 bits per heavy atom. The van der Waals surface area contributed by atoms with Gasteiger partial charge in [0.2, 0.25) is 0 Å². The van der Waals surface area contributed by atoms with E-state index in [0.717, 1.165) is 25.2 Å². The van der Waals surface area contributed by atoms with Crippen molar-refractivity contribution >= 4 is 14.9 Å². The van der Waals surface area contributed by atoms with Gasteiger partial charge < -0.3 is 23.3 Å². The number of hydrogen-bond acceptors (Lipinski definition) is 5. The van der Waals surface area contributed by atoms with Gasteiger partial charge in [-0.2, -0.15) is 0 Å². The van der Waals surface area contributed by atoms with E-state index in [2.05, 4.69) is 4.90 Å². The first kappa shape index (κ1) is 18.3. The topological polar surface area (TPSA) is 71.5 Å². The molecule has 7 nitrogen and oxygen atoms in total. The summed E-state index contributed by atoms with van der Waals surface area (Å²) in [6, 6.07) is 10.3. The molecule has 3 heterocycles. The van der Waals surface area contributed by atoms with Crippen LogP contribution in [0.1, 0.15) is 12.0 Å². The van der Waals surface area contributed by atoms with Gasteiger partial charge in [-0.25, -0.2) is 4.79 Å². The lowest BCUT2D eigenvalue weighted by Gasteiger charge is -2.38. The largest absolute Gasteiger partial charge is 0.501 e. The summed E-state index contributed by atoms with van der Waals surface area (Å²) in [6.45, 7) is 5.45. The van der Waals surface area contributed by atoms with E-state index < -0.39 is 14.9 Å². The maximum Gasteiger partial charge on any atom is 0.501 e. The Hall–Kier alpha value is -1.45. The summed E-state index contributed by atoms with van der Waals surface area (Å²) in [6.07, 6.45) is -0.230. The SMILES string of the molecule is O=C(O)N(CCC[Si]12OCCN(CCO1)CCO2)Cc1ccccc1. The Bertz CT molecular complexity index is 533. The summed E-state index contributed by atoms with van der Waals surface area (Å²) >= 11 is 0. The lowest BCUT2D eigenvalue weighted by atomic mass is 10.2. The molecule has 0 atom stereocenters. The van der Waals surface area contributed by atoms with E-state index in [4.69, 9.17) is 13.3 Å². The standard InChI is InChI=1S/C17H26N2O5Si/c20-17(21)19(15-16-5-2-1-3-6-16)7-4-14-25-22-11-8-18(9-12-23-25)10-13-24-25/h1-3,5-6H,4,7-15H2,(H,20,21). The normalized spacial score (nSPS) is 26.5. The van der Waals surface area contributed by atoms with Crippen molar-refractivity contribution in [3.63, 3.8) is 0 Å². The second kappa shape index (κ2) is 8.77. The van der Waals surface area contributed by atoms with E-state index in [9.17, 15) is 9.90 Å². The van der Waals surface area contributed by atoms with Crippen LogP contribution in [0.15, 0.2) is 30.3 Å². The van der Waals surface area contributed by atoms with Gasteiger partial charge in [0.05, 0.1) is 19.8 Å². The number of carbonyl (C=O) groups is 1. The first-order valence-electron chi connectivity index (χ1n) is 8.83. The number of rotatable bonds is 6. The van der Waals surface area contributed by atoms with Crippen molar-refractivity contribution in [1.29, 1.82) is 0 Å². The Labute approximate surface area is 149 Å². The van der Waals surface area contributed by atoms with Gasteiger partial charge in [-0.3, -0.25) is 4.90 Å². The molecule has 0 radical (unpaired) electrons. The zero-order valence-corrected chi connectivity index (χ0v) is 15.4. The van der Waals surface area contributed by atoms with Crippen LogP contribution in [0.2, 0.25) is 6.04 Å². The van der Waals surface area contributed by atoms with Gasteiger partial charge in [0.15, 0.2) is 0 Å². The summed E-state index contributed by atoms with van der Waals surface area (Å²) in [5, 5.41) is 9.47. The molecular weight excluding hydrogens is 340 g/mol. The first-order chi connectivity index (χ1) is 12.2. The second-order valence-electron chi connectivity index (χ2n) is 6.36. The van der Waals surface area contributed by atoms with Gasteiger partial charge in [-0.15, -0.1) is 0 Å². The van der Waals surface area contributed by atoms with E-state index in [1.807, 2.05) is 30.3 Å². The van der Waals surface area contributed by atoms with Gasteiger partial charge >= 0.3 is 14.9 Å². The molecular formula is C17H26N2O5Si. The molecule has 1 aromatic rings. The molecule has 8 heteroatoms. The van der Waals surface area contributed by atoms with Gasteiger partial charge in [-0.05, 0) is 12.0 Å². The van der Waals surface area contributed by atoms with E-state index in [0.29, 0.717) is 45.4 Å².